The normalized spacial score (nSPS) is 11.0. The van der Waals surface area contributed by atoms with Crippen LogP contribution in [0, 0.1) is 0 Å². The number of nitrogens with zero attached hydrogens (tertiary/aromatic N) is 3. The first-order valence-corrected chi connectivity index (χ1v) is 6.94. The topological polar surface area (TPSA) is 56.7 Å². The molecule has 0 fully saturated rings. The molecule has 0 amide bonds. The molecule has 0 bridgehead atoms. The fourth-order valence-corrected chi connectivity index (χ4v) is 2.02. The van der Waals surface area contributed by atoms with Crippen LogP contribution in [-0.4, -0.2) is 14.8 Å². The lowest BCUT2D eigenvalue weighted by Gasteiger charge is -2.06. The number of rotatable bonds is 9. The molecule has 2 N–H and O–H groups in total. The van der Waals surface area contributed by atoms with Gasteiger partial charge in [0.2, 0.25) is 0 Å². The Morgan fingerprint density at radius 1 is 0.882 bits per heavy atom. The number of hydrogen-bond donors (Lipinski definition) is 1. The molecule has 4 heteroatoms. The molecule has 0 saturated carbocycles. The highest BCUT2D eigenvalue weighted by Crippen LogP contribution is 2.09. The monoisotopic (exact) mass is 238 g/mol. The minimum Gasteiger partial charge on any atom is -0.314 e. The molecule has 17 heavy (non-hydrogen) atoms. The first-order valence-electron chi connectivity index (χ1n) is 6.94. The highest BCUT2D eigenvalue weighted by Gasteiger charge is 2.09. The third-order valence-corrected chi connectivity index (χ3v) is 3.09. The molecule has 1 rings (SSSR count). The third-order valence-electron chi connectivity index (χ3n) is 3.09. The molecule has 0 aliphatic heterocycles. The van der Waals surface area contributed by atoms with Crippen molar-refractivity contribution in [1.29, 1.82) is 0 Å². The van der Waals surface area contributed by atoms with Crippen LogP contribution >= 0.6 is 0 Å². The molecule has 1 heterocycles. The van der Waals surface area contributed by atoms with Gasteiger partial charge >= 0.3 is 0 Å². The summed E-state index contributed by atoms with van der Waals surface area (Å²) in [4.78, 5) is 0. The molecule has 4 nitrogen and oxygen atoms in total. The average molecular weight is 238 g/mol. The Labute approximate surface area is 105 Å². The molecule has 1 aromatic heterocycles. The second-order valence-corrected chi connectivity index (χ2v) is 4.56. The summed E-state index contributed by atoms with van der Waals surface area (Å²) in [5.41, 5.74) is 5.79. The van der Waals surface area contributed by atoms with Crippen molar-refractivity contribution in [3.63, 3.8) is 0 Å². The van der Waals surface area contributed by atoms with E-state index in [1.165, 1.54) is 38.5 Å². The molecule has 0 atom stereocenters. The van der Waals surface area contributed by atoms with Crippen molar-refractivity contribution in [2.75, 3.05) is 0 Å². The SMILES string of the molecule is CCCCCc1nnc(CCCCC)n1CN. The summed E-state index contributed by atoms with van der Waals surface area (Å²) < 4.78 is 2.09. The Balaban J connectivity index is 2.53. The first-order chi connectivity index (χ1) is 8.33. The van der Waals surface area contributed by atoms with Crippen molar-refractivity contribution in [3.8, 4) is 0 Å². The van der Waals surface area contributed by atoms with Crippen LogP contribution in [0.5, 0.6) is 0 Å². The lowest BCUT2D eigenvalue weighted by atomic mass is 10.2. The van der Waals surface area contributed by atoms with Crippen LogP contribution in [0.15, 0.2) is 0 Å². The molecule has 0 saturated heterocycles. The molecular formula is C13H26N4. The summed E-state index contributed by atoms with van der Waals surface area (Å²) >= 11 is 0. The summed E-state index contributed by atoms with van der Waals surface area (Å²) in [6.07, 6.45) is 9.36. The zero-order valence-electron chi connectivity index (χ0n) is 11.3. The summed E-state index contributed by atoms with van der Waals surface area (Å²) in [5.74, 6) is 2.12. The Morgan fingerprint density at radius 2 is 1.35 bits per heavy atom. The predicted molar refractivity (Wildman–Crippen MR) is 70.7 cm³/mol. The lowest BCUT2D eigenvalue weighted by molar-refractivity contribution is 0.595. The van der Waals surface area contributed by atoms with Crippen LogP contribution in [0.3, 0.4) is 0 Å². The van der Waals surface area contributed by atoms with Gasteiger partial charge in [0.25, 0.3) is 0 Å². The Kier molecular flexibility index (Phi) is 6.86. The summed E-state index contributed by atoms with van der Waals surface area (Å²) in [6.45, 7) is 4.93. The van der Waals surface area contributed by atoms with E-state index in [0.29, 0.717) is 6.67 Å². The number of aryl methyl sites for hydroxylation is 2. The Morgan fingerprint density at radius 3 is 1.71 bits per heavy atom. The molecule has 1 aromatic rings. The van der Waals surface area contributed by atoms with E-state index in [9.17, 15) is 0 Å². The van der Waals surface area contributed by atoms with Crippen LogP contribution in [0.25, 0.3) is 0 Å². The maximum absolute atomic E-state index is 5.79. The van der Waals surface area contributed by atoms with Crippen LogP contribution in [0.1, 0.15) is 64.0 Å². The maximum Gasteiger partial charge on any atom is 0.134 e. The van der Waals surface area contributed by atoms with Gasteiger partial charge in [-0.3, -0.25) is 0 Å². The van der Waals surface area contributed by atoms with E-state index in [1.807, 2.05) is 0 Å². The molecule has 98 valence electrons. The zero-order chi connectivity index (χ0) is 12.5. The van der Waals surface area contributed by atoms with Crippen molar-refractivity contribution < 1.29 is 0 Å². The van der Waals surface area contributed by atoms with Crippen molar-refractivity contribution in [2.24, 2.45) is 5.73 Å². The van der Waals surface area contributed by atoms with Crippen molar-refractivity contribution in [2.45, 2.75) is 71.9 Å². The highest BCUT2D eigenvalue weighted by molar-refractivity contribution is 4.96. The Hall–Kier alpha value is -0.900. The van der Waals surface area contributed by atoms with Gasteiger partial charge in [-0.2, -0.15) is 0 Å². The van der Waals surface area contributed by atoms with Crippen molar-refractivity contribution in [3.05, 3.63) is 11.6 Å². The smallest absolute Gasteiger partial charge is 0.134 e. The molecular weight excluding hydrogens is 212 g/mol. The van der Waals surface area contributed by atoms with Gasteiger partial charge in [-0.15, -0.1) is 10.2 Å². The van der Waals surface area contributed by atoms with E-state index in [4.69, 9.17) is 5.73 Å². The highest BCUT2D eigenvalue weighted by atomic mass is 15.3. The summed E-state index contributed by atoms with van der Waals surface area (Å²) in [7, 11) is 0. The van der Waals surface area contributed by atoms with Gasteiger partial charge in [-0.05, 0) is 12.8 Å². The quantitative estimate of drug-likeness (QED) is 0.673. The van der Waals surface area contributed by atoms with Gasteiger partial charge < -0.3 is 10.3 Å². The molecule has 0 aliphatic carbocycles. The number of aromatic nitrogens is 3. The van der Waals surface area contributed by atoms with Crippen LogP contribution in [0.4, 0.5) is 0 Å². The largest absolute Gasteiger partial charge is 0.314 e. The van der Waals surface area contributed by atoms with Gasteiger partial charge in [-0.1, -0.05) is 39.5 Å². The fraction of sp³-hybridized carbons (Fsp3) is 0.846. The van der Waals surface area contributed by atoms with Gasteiger partial charge in [0, 0.05) is 12.8 Å². The number of hydrogen-bond acceptors (Lipinski definition) is 3. The molecule has 0 radical (unpaired) electrons. The van der Waals surface area contributed by atoms with E-state index in [1.54, 1.807) is 0 Å². The van der Waals surface area contributed by atoms with Gasteiger partial charge in [0.15, 0.2) is 0 Å². The molecule has 0 aromatic carbocycles. The molecule has 0 unspecified atom stereocenters. The summed E-state index contributed by atoms with van der Waals surface area (Å²) in [5, 5.41) is 8.54. The van der Waals surface area contributed by atoms with E-state index >= 15 is 0 Å². The number of nitrogens with two attached hydrogens (primary N) is 1. The van der Waals surface area contributed by atoms with E-state index < -0.39 is 0 Å². The van der Waals surface area contributed by atoms with E-state index in [-0.39, 0.29) is 0 Å². The first kappa shape index (κ1) is 14.2. The van der Waals surface area contributed by atoms with Crippen LogP contribution < -0.4 is 5.73 Å². The average Bonchev–Trinajstić information content (AvgIpc) is 2.72. The Bertz CT molecular complexity index is 279. The van der Waals surface area contributed by atoms with Crippen molar-refractivity contribution >= 4 is 0 Å². The second kappa shape index (κ2) is 8.23. The van der Waals surface area contributed by atoms with Crippen molar-refractivity contribution in [1.82, 2.24) is 14.8 Å². The minimum atomic E-state index is 0.510. The molecule has 0 aliphatic rings. The number of unbranched alkanes of at least 4 members (excludes halogenated alkanes) is 4. The van der Waals surface area contributed by atoms with Crippen LogP contribution in [-0.2, 0) is 19.5 Å². The standard InChI is InChI=1S/C13H26N4/c1-3-5-7-9-12-15-16-13(17(12)11-14)10-8-6-4-2/h3-11,14H2,1-2H3. The maximum atomic E-state index is 5.79. The second-order valence-electron chi connectivity index (χ2n) is 4.56. The minimum absolute atomic E-state index is 0.510. The van der Waals surface area contributed by atoms with E-state index in [0.717, 1.165) is 24.5 Å². The predicted octanol–water partition coefficient (Wildman–Crippen LogP) is 2.66. The van der Waals surface area contributed by atoms with Gasteiger partial charge in [0.05, 0.1) is 6.67 Å². The zero-order valence-corrected chi connectivity index (χ0v) is 11.3. The van der Waals surface area contributed by atoms with E-state index in [2.05, 4.69) is 28.6 Å². The molecule has 0 spiro atoms. The van der Waals surface area contributed by atoms with Crippen LogP contribution in [0.2, 0.25) is 0 Å². The van der Waals surface area contributed by atoms with Gasteiger partial charge in [-0.25, -0.2) is 0 Å². The van der Waals surface area contributed by atoms with Gasteiger partial charge in [0.1, 0.15) is 11.6 Å². The summed E-state index contributed by atoms with van der Waals surface area (Å²) in [6, 6.07) is 0. The fourth-order valence-electron chi connectivity index (χ4n) is 2.02. The third kappa shape index (κ3) is 4.46. The lowest BCUT2D eigenvalue weighted by Crippen LogP contribution is -2.14.